The predicted molar refractivity (Wildman–Crippen MR) is 87.9 cm³/mol. The first-order valence-corrected chi connectivity index (χ1v) is 8.49. The van der Waals surface area contributed by atoms with E-state index in [2.05, 4.69) is 20.8 Å². The molecule has 5 heteroatoms. The van der Waals surface area contributed by atoms with E-state index in [0.29, 0.717) is 17.8 Å². The third-order valence-corrected chi connectivity index (χ3v) is 4.66. The number of carbonyl (C=O) groups excluding carboxylic acids is 2. The van der Waals surface area contributed by atoms with Gasteiger partial charge in [-0.2, -0.15) is 0 Å². The van der Waals surface area contributed by atoms with Crippen LogP contribution >= 0.6 is 0 Å². The minimum absolute atomic E-state index is 0.145. The van der Waals surface area contributed by atoms with Gasteiger partial charge in [-0.05, 0) is 42.7 Å². The number of esters is 2. The van der Waals surface area contributed by atoms with Crippen molar-refractivity contribution in [1.29, 1.82) is 0 Å². The van der Waals surface area contributed by atoms with Crippen molar-refractivity contribution in [3.05, 3.63) is 35.6 Å². The van der Waals surface area contributed by atoms with Crippen LogP contribution in [0.4, 0.5) is 4.39 Å². The first-order chi connectivity index (χ1) is 11.4. The second-order valence-electron chi connectivity index (χ2n) is 6.91. The lowest BCUT2D eigenvalue weighted by Gasteiger charge is -2.36. The van der Waals surface area contributed by atoms with E-state index in [0.717, 1.165) is 19.3 Å². The third-order valence-electron chi connectivity index (χ3n) is 4.66. The molecule has 2 rings (SSSR count). The van der Waals surface area contributed by atoms with Gasteiger partial charge in [0.15, 0.2) is 6.61 Å². The maximum Gasteiger partial charge on any atom is 0.344 e. The van der Waals surface area contributed by atoms with E-state index in [1.54, 1.807) is 0 Å². The first-order valence-electron chi connectivity index (χ1n) is 8.49. The SMILES string of the molecule is CC(C)[C@H]1CC[C@@H](C)C[C@H]1OC(=O)COC(=O)c1ccccc1F. The minimum Gasteiger partial charge on any atom is -0.460 e. The molecule has 4 nitrogen and oxygen atoms in total. The van der Waals surface area contributed by atoms with Crippen LogP contribution in [-0.4, -0.2) is 24.6 Å². The lowest BCUT2D eigenvalue weighted by Crippen LogP contribution is -2.36. The number of rotatable bonds is 5. The van der Waals surface area contributed by atoms with E-state index in [-0.39, 0.29) is 11.7 Å². The average Bonchev–Trinajstić information content (AvgIpc) is 2.53. The molecule has 1 aromatic carbocycles. The van der Waals surface area contributed by atoms with E-state index in [9.17, 15) is 14.0 Å². The molecular weight excluding hydrogens is 311 g/mol. The van der Waals surface area contributed by atoms with Gasteiger partial charge < -0.3 is 9.47 Å². The van der Waals surface area contributed by atoms with Crippen molar-refractivity contribution in [2.45, 2.75) is 46.1 Å². The lowest BCUT2D eigenvalue weighted by atomic mass is 9.75. The lowest BCUT2D eigenvalue weighted by molar-refractivity contribution is -0.159. The monoisotopic (exact) mass is 336 g/mol. The summed E-state index contributed by atoms with van der Waals surface area (Å²) >= 11 is 0. The van der Waals surface area contributed by atoms with Crippen LogP contribution in [0.2, 0.25) is 0 Å². The molecule has 1 aromatic rings. The van der Waals surface area contributed by atoms with Crippen LogP contribution in [-0.2, 0) is 14.3 Å². The summed E-state index contributed by atoms with van der Waals surface area (Å²) in [6, 6.07) is 5.51. The highest BCUT2D eigenvalue weighted by atomic mass is 19.1. The zero-order valence-electron chi connectivity index (χ0n) is 14.5. The zero-order valence-corrected chi connectivity index (χ0v) is 14.5. The van der Waals surface area contributed by atoms with Gasteiger partial charge in [-0.3, -0.25) is 0 Å². The summed E-state index contributed by atoms with van der Waals surface area (Å²) in [5.74, 6) is -0.841. The zero-order chi connectivity index (χ0) is 17.7. The molecule has 1 saturated carbocycles. The fraction of sp³-hybridized carbons (Fsp3) is 0.579. The molecule has 0 aromatic heterocycles. The molecule has 1 aliphatic rings. The number of hydrogen-bond acceptors (Lipinski definition) is 4. The molecular formula is C19H25FO4. The molecule has 0 saturated heterocycles. The molecule has 0 aliphatic heterocycles. The van der Waals surface area contributed by atoms with Gasteiger partial charge >= 0.3 is 11.9 Å². The van der Waals surface area contributed by atoms with Crippen LogP contribution in [0.25, 0.3) is 0 Å². The van der Waals surface area contributed by atoms with Crippen molar-refractivity contribution in [2.24, 2.45) is 17.8 Å². The van der Waals surface area contributed by atoms with Crippen LogP contribution < -0.4 is 0 Å². The Morgan fingerprint density at radius 3 is 2.62 bits per heavy atom. The Bertz CT molecular complexity index is 584. The van der Waals surface area contributed by atoms with E-state index >= 15 is 0 Å². The molecule has 0 spiro atoms. The van der Waals surface area contributed by atoms with Gasteiger partial charge in [0.05, 0.1) is 5.56 Å². The smallest absolute Gasteiger partial charge is 0.344 e. The second kappa shape index (κ2) is 8.27. The molecule has 3 atom stereocenters. The van der Waals surface area contributed by atoms with Gasteiger partial charge in [0.1, 0.15) is 11.9 Å². The summed E-state index contributed by atoms with van der Waals surface area (Å²) in [5, 5.41) is 0. The summed E-state index contributed by atoms with van der Waals surface area (Å²) in [6.45, 7) is 5.90. The summed E-state index contributed by atoms with van der Waals surface area (Å²) in [7, 11) is 0. The van der Waals surface area contributed by atoms with Crippen molar-refractivity contribution >= 4 is 11.9 Å². The highest BCUT2D eigenvalue weighted by Crippen LogP contribution is 2.35. The molecule has 1 aliphatic carbocycles. The number of ether oxygens (including phenoxy) is 2. The van der Waals surface area contributed by atoms with Crippen LogP contribution in [0, 0.1) is 23.6 Å². The Labute approximate surface area is 142 Å². The van der Waals surface area contributed by atoms with Crippen LogP contribution in [0.3, 0.4) is 0 Å². The fourth-order valence-electron chi connectivity index (χ4n) is 3.28. The molecule has 24 heavy (non-hydrogen) atoms. The third kappa shape index (κ3) is 4.79. The largest absolute Gasteiger partial charge is 0.460 e. The van der Waals surface area contributed by atoms with Crippen molar-refractivity contribution in [1.82, 2.24) is 0 Å². The van der Waals surface area contributed by atoms with Crippen molar-refractivity contribution in [3.8, 4) is 0 Å². The van der Waals surface area contributed by atoms with Gasteiger partial charge in [-0.25, -0.2) is 14.0 Å². The van der Waals surface area contributed by atoms with E-state index in [1.807, 2.05) is 0 Å². The number of hydrogen-bond donors (Lipinski definition) is 0. The summed E-state index contributed by atoms with van der Waals surface area (Å²) < 4.78 is 23.9. The Morgan fingerprint density at radius 1 is 1.25 bits per heavy atom. The Balaban J connectivity index is 1.88. The average molecular weight is 336 g/mol. The van der Waals surface area contributed by atoms with Gasteiger partial charge in [0, 0.05) is 0 Å². The molecule has 0 radical (unpaired) electrons. The standard InChI is InChI=1S/C19H25FO4/c1-12(2)14-9-8-13(3)10-17(14)24-18(21)11-23-19(22)15-6-4-5-7-16(15)20/h4-7,12-14,17H,8-11H2,1-3H3/t13-,14-,17-/m1/s1. The van der Waals surface area contributed by atoms with Crippen LogP contribution in [0.1, 0.15) is 50.4 Å². The van der Waals surface area contributed by atoms with Crippen molar-refractivity contribution in [2.75, 3.05) is 6.61 Å². The Hall–Kier alpha value is -1.91. The van der Waals surface area contributed by atoms with E-state index in [1.165, 1.54) is 24.3 Å². The molecule has 0 amide bonds. The van der Waals surface area contributed by atoms with Gasteiger partial charge in [-0.1, -0.05) is 39.3 Å². The quantitative estimate of drug-likeness (QED) is 0.763. The molecule has 1 fully saturated rings. The topological polar surface area (TPSA) is 52.6 Å². The van der Waals surface area contributed by atoms with Crippen molar-refractivity contribution < 1.29 is 23.5 Å². The minimum atomic E-state index is -0.859. The predicted octanol–water partition coefficient (Wildman–Crippen LogP) is 3.99. The number of halogens is 1. The van der Waals surface area contributed by atoms with Crippen molar-refractivity contribution in [3.63, 3.8) is 0 Å². The first kappa shape index (κ1) is 18.4. The van der Waals surface area contributed by atoms with E-state index < -0.39 is 24.4 Å². The summed E-state index contributed by atoms with van der Waals surface area (Å²) in [5.41, 5.74) is -0.184. The molecule has 132 valence electrons. The van der Waals surface area contributed by atoms with Gasteiger partial charge in [0.25, 0.3) is 0 Å². The van der Waals surface area contributed by atoms with Crippen LogP contribution in [0.5, 0.6) is 0 Å². The molecule has 0 N–H and O–H groups in total. The Morgan fingerprint density at radius 2 is 1.96 bits per heavy atom. The second-order valence-corrected chi connectivity index (χ2v) is 6.91. The van der Waals surface area contributed by atoms with Crippen LogP contribution in [0.15, 0.2) is 24.3 Å². The molecule has 0 unspecified atom stereocenters. The fourth-order valence-corrected chi connectivity index (χ4v) is 3.28. The van der Waals surface area contributed by atoms with Gasteiger partial charge in [-0.15, -0.1) is 0 Å². The molecule has 0 bridgehead atoms. The maximum absolute atomic E-state index is 13.5. The number of benzene rings is 1. The summed E-state index contributed by atoms with van der Waals surface area (Å²) in [4.78, 5) is 23.8. The molecule has 0 heterocycles. The number of carbonyl (C=O) groups is 2. The Kier molecular flexibility index (Phi) is 6.35. The summed E-state index contributed by atoms with van der Waals surface area (Å²) in [6.07, 6.45) is 2.86. The van der Waals surface area contributed by atoms with E-state index in [4.69, 9.17) is 9.47 Å². The van der Waals surface area contributed by atoms with Gasteiger partial charge in [0.2, 0.25) is 0 Å². The highest BCUT2D eigenvalue weighted by molar-refractivity contribution is 5.91. The maximum atomic E-state index is 13.5. The normalized spacial score (nSPS) is 23.8. The highest BCUT2D eigenvalue weighted by Gasteiger charge is 2.33.